The van der Waals surface area contributed by atoms with Crippen molar-refractivity contribution in [1.29, 1.82) is 0 Å². The Morgan fingerprint density at radius 3 is 2.39 bits per heavy atom. The lowest BCUT2D eigenvalue weighted by molar-refractivity contribution is 0.0696. The van der Waals surface area contributed by atoms with Gasteiger partial charge in [0.15, 0.2) is 0 Å². The molecule has 0 spiro atoms. The molecule has 0 radical (unpaired) electrons. The van der Waals surface area contributed by atoms with E-state index in [2.05, 4.69) is 22.0 Å². The second-order valence-electron chi connectivity index (χ2n) is 3.99. The normalized spacial score (nSPS) is 10.6. The highest BCUT2D eigenvalue weighted by Gasteiger charge is 2.13. The number of nitrogens with zero attached hydrogens (tertiary/aromatic N) is 4. The van der Waals surface area contributed by atoms with E-state index < -0.39 is 5.97 Å². The minimum atomic E-state index is -1.04. The molecule has 0 saturated carbocycles. The van der Waals surface area contributed by atoms with Crippen LogP contribution in [0.25, 0.3) is 5.95 Å². The van der Waals surface area contributed by atoms with Gasteiger partial charge in [-0.25, -0.2) is 19.4 Å². The maximum absolute atomic E-state index is 10.7. The summed E-state index contributed by atoms with van der Waals surface area (Å²) in [6.45, 7) is 5.96. The lowest BCUT2D eigenvalue weighted by atomic mass is 10.1. The van der Waals surface area contributed by atoms with E-state index >= 15 is 0 Å². The van der Waals surface area contributed by atoms with Gasteiger partial charge in [0.1, 0.15) is 0 Å². The van der Waals surface area contributed by atoms with Crippen LogP contribution in [0.3, 0.4) is 0 Å². The Bertz CT molecular complexity index is 587. The molecule has 2 rings (SSSR count). The van der Waals surface area contributed by atoms with Crippen molar-refractivity contribution in [3.8, 4) is 5.95 Å². The molecule has 94 valence electrons. The zero-order valence-electron chi connectivity index (χ0n) is 10.5. The number of carboxylic acid groups (broad SMARTS) is 1. The highest BCUT2D eigenvalue weighted by Crippen LogP contribution is 2.15. The summed E-state index contributed by atoms with van der Waals surface area (Å²) in [5, 5.41) is 13.2. The first-order chi connectivity index (χ1) is 8.54. The lowest BCUT2D eigenvalue weighted by Crippen LogP contribution is -2.07. The van der Waals surface area contributed by atoms with Gasteiger partial charge in [-0.2, -0.15) is 5.10 Å². The van der Waals surface area contributed by atoms with E-state index in [1.807, 2.05) is 13.8 Å². The van der Waals surface area contributed by atoms with Gasteiger partial charge in [-0.1, -0.05) is 6.92 Å². The third kappa shape index (κ3) is 1.97. The standard InChI is InChI=1S/C12H14N4O2/c1-4-10-7(2)15-16(8(10)3)12-13-5-9(6-14-12)11(17)18/h5-6H,4H2,1-3H3,(H,17,18). The molecule has 0 fully saturated rings. The maximum Gasteiger partial charge on any atom is 0.338 e. The van der Waals surface area contributed by atoms with Crippen molar-refractivity contribution in [3.05, 3.63) is 34.9 Å². The first kappa shape index (κ1) is 12.2. The zero-order valence-corrected chi connectivity index (χ0v) is 10.5. The van der Waals surface area contributed by atoms with Gasteiger partial charge in [-0.15, -0.1) is 0 Å². The number of aromatic nitrogens is 4. The fourth-order valence-corrected chi connectivity index (χ4v) is 1.92. The number of aryl methyl sites for hydroxylation is 1. The minimum Gasteiger partial charge on any atom is -0.478 e. The predicted molar refractivity (Wildman–Crippen MR) is 65.0 cm³/mol. The SMILES string of the molecule is CCc1c(C)nn(-c2ncc(C(=O)O)cn2)c1C. The number of hydrogen-bond donors (Lipinski definition) is 1. The van der Waals surface area contributed by atoms with E-state index in [0.29, 0.717) is 5.95 Å². The largest absolute Gasteiger partial charge is 0.478 e. The van der Waals surface area contributed by atoms with E-state index in [0.717, 1.165) is 17.8 Å². The van der Waals surface area contributed by atoms with Crippen molar-refractivity contribution in [2.24, 2.45) is 0 Å². The van der Waals surface area contributed by atoms with E-state index in [4.69, 9.17) is 5.11 Å². The molecule has 0 bridgehead atoms. The van der Waals surface area contributed by atoms with Gasteiger partial charge in [0.05, 0.1) is 11.3 Å². The summed E-state index contributed by atoms with van der Waals surface area (Å²) in [5.41, 5.74) is 3.16. The van der Waals surface area contributed by atoms with Crippen molar-refractivity contribution < 1.29 is 9.90 Å². The number of rotatable bonds is 3. The third-order valence-corrected chi connectivity index (χ3v) is 2.87. The molecule has 0 saturated heterocycles. The third-order valence-electron chi connectivity index (χ3n) is 2.87. The molecular formula is C12H14N4O2. The molecule has 0 amide bonds. The summed E-state index contributed by atoms with van der Waals surface area (Å²) in [7, 11) is 0. The van der Waals surface area contributed by atoms with Crippen LogP contribution in [0, 0.1) is 13.8 Å². The van der Waals surface area contributed by atoms with Gasteiger partial charge in [0.2, 0.25) is 0 Å². The van der Waals surface area contributed by atoms with Crippen LogP contribution >= 0.6 is 0 Å². The molecular weight excluding hydrogens is 232 g/mol. The van der Waals surface area contributed by atoms with Gasteiger partial charge < -0.3 is 5.11 Å². The summed E-state index contributed by atoms with van der Waals surface area (Å²) in [5.74, 6) is -0.649. The van der Waals surface area contributed by atoms with Crippen molar-refractivity contribution in [1.82, 2.24) is 19.7 Å². The van der Waals surface area contributed by atoms with Gasteiger partial charge >= 0.3 is 5.97 Å². The molecule has 18 heavy (non-hydrogen) atoms. The first-order valence-corrected chi connectivity index (χ1v) is 5.65. The van der Waals surface area contributed by atoms with Gasteiger partial charge in [0.25, 0.3) is 5.95 Å². The van der Waals surface area contributed by atoms with E-state index in [1.54, 1.807) is 4.68 Å². The molecule has 0 aliphatic carbocycles. The number of carbonyl (C=O) groups is 1. The quantitative estimate of drug-likeness (QED) is 0.888. The molecule has 2 heterocycles. The van der Waals surface area contributed by atoms with Crippen molar-refractivity contribution >= 4 is 5.97 Å². The Balaban J connectivity index is 2.46. The fraction of sp³-hybridized carbons (Fsp3) is 0.333. The monoisotopic (exact) mass is 246 g/mol. The Hall–Kier alpha value is -2.24. The zero-order chi connectivity index (χ0) is 13.3. The number of carboxylic acids is 1. The van der Waals surface area contributed by atoms with E-state index in [-0.39, 0.29) is 5.56 Å². The summed E-state index contributed by atoms with van der Waals surface area (Å²) in [6, 6.07) is 0. The Morgan fingerprint density at radius 1 is 1.33 bits per heavy atom. The maximum atomic E-state index is 10.7. The topological polar surface area (TPSA) is 80.9 Å². The highest BCUT2D eigenvalue weighted by molar-refractivity contribution is 5.86. The smallest absolute Gasteiger partial charge is 0.338 e. The summed E-state index contributed by atoms with van der Waals surface area (Å²) in [6.07, 6.45) is 3.46. The average Bonchev–Trinajstić information content (AvgIpc) is 2.64. The highest BCUT2D eigenvalue weighted by atomic mass is 16.4. The molecule has 0 aliphatic heterocycles. The lowest BCUT2D eigenvalue weighted by Gasteiger charge is -2.02. The summed E-state index contributed by atoms with van der Waals surface area (Å²) < 4.78 is 1.64. The van der Waals surface area contributed by atoms with E-state index in [1.165, 1.54) is 18.0 Å². The molecule has 6 heteroatoms. The number of hydrogen-bond acceptors (Lipinski definition) is 4. The second kappa shape index (κ2) is 4.56. The fourth-order valence-electron chi connectivity index (χ4n) is 1.92. The molecule has 2 aromatic heterocycles. The molecule has 0 aromatic carbocycles. The molecule has 0 unspecified atom stereocenters. The molecule has 2 aromatic rings. The first-order valence-electron chi connectivity index (χ1n) is 5.65. The van der Waals surface area contributed by atoms with Crippen molar-refractivity contribution in [3.63, 3.8) is 0 Å². The Labute approximate surface area is 104 Å². The molecule has 6 nitrogen and oxygen atoms in total. The van der Waals surface area contributed by atoms with Crippen molar-refractivity contribution in [2.45, 2.75) is 27.2 Å². The number of aromatic carboxylic acids is 1. The van der Waals surface area contributed by atoms with Crippen LogP contribution in [0.1, 0.15) is 34.2 Å². The van der Waals surface area contributed by atoms with Crippen molar-refractivity contribution in [2.75, 3.05) is 0 Å². The molecule has 0 aliphatic rings. The molecule has 1 N–H and O–H groups in total. The molecule has 0 atom stereocenters. The van der Waals surface area contributed by atoms with Crippen LogP contribution in [0.5, 0.6) is 0 Å². The van der Waals surface area contributed by atoms with Gasteiger partial charge in [-0.05, 0) is 25.8 Å². The summed E-state index contributed by atoms with van der Waals surface area (Å²) >= 11 is 0. The van der Waals surface area contributed by atoms with Gasteiger partial charge in [-0.3, -0.25) is 0 Å². The van der Waals surface area contributed by atoms with Gasteiger partial charge in [0, 0.05) is 18.1 Å². The minimum absolute atomic E-state index is 0.0657. The van der Waals surface area contributed by atoms with Crippen LogP contribution in [-0.4, -0.2) is 30.8 Å². The predicted octanol–water partition coefficient (Wildman–Crippen LogP) is 1.54. The second-order valence-corrected chi connectivity index (χ2v) is 3.99. The van der Waals surface area contributed by atoms with Crippen LogP contribution in [0.2, 0.25) is 0 Å². The van der Waals surface area contributed by atoms with Crippen LogP contribution in [0.15, 0.2) is 12.4 Å². The Kier molecular flexibility index (Phi) is 3.10. The Morgan fingerprint density at radius 2 is 1.94 bits per heavy atom. The summed E-state index contributed by atoms with van der Waals surface area (Å²) in [4.78, 5) is 18.8. The van der Waals surface area contributed by atoms with Crippen LogP contribution in [-0.2, 0) is 6.42 Å². The average molecular weight is 246 g/mol. The van der Waals surface area contributed by atoms with E-state index in [9.17, 15) is 4.79 Å². The van der Waals surface area contributed by atoms with Crippen LogP contribution < -0.4 is 0 Å². The van der Waals surface area contributed by atoms with Crippen LogP contribution in [0.4, 0.5) is 0 Å².